The first-order valence-corrected chi connectivity index (χ1v) is 7.07. The number of fused-ring (bicyclic) bond motifs is 1. The van der Waals surface area contributed by atoms with Crippen molar-refractivity contribution in [2.45, 2.75) is 18.9 Å². The normalized spacial score (nSPS) is 20.2. The van der Waals surface area contributed by atoms with Gasteiger partial charge < -0.3 is 19.1 Å². The molecule has 6 nitrogen and oxygen atoms in total. The van der Waals surface area contributed by atoms with Crippen molar-refractivity contribution in [3.8, 4) is 11.5 Å². The Hall–Kier alpha value is -2.24. The number of likely N-dealkylation sites (tertiary alicyclic amines) is 1. The van der Waals surface area contributed by atoms with Crippen LogP contribution in [0, 0.1) is 0 Å². The molecule has 1 aromatic rings. The zero-order valence-corrected chi connectivity index (χ0v) is 11.6. The number of ether oxygens (including phenoxy) is 3. The number of esters is 1. The highest BCUT2D eigenvalue weighted by Gasteiger charge is 2.29. The summed E-state index contributed by atoms with van der Waals surface area (Å²) in [6, 6.07) is 7.13. The number of carbonyl (C=O) groups is 2. The van der Waals surface area contributed by atoms with E-state index < -0.39 is 12.1 Å². The van der Waals surface area contributed by atoms with Crippen molar-refractivity contribution in [3.05, 3.63) is 24.3 Å². The molecule has 1 unspecified atom stereocenters. The number of nitrogens with zero attached hydrogens (tertiary/aromatic N) is 1. The minimum absolute atomic E-state index is 0.0910. The first kappa shape index (κ1) is 13.7. The second-order valence-corrected chi connectivity index (χ2v) is 5.06. The summed E-state index contributed by atoms with van der Waals surface area (Å²) in [5, 5.41) is 0. The van der Waals surface area contributed by atoms with E-state index in [2.05, 4.69) is 0 Å². The lowest BCUT2D eigenvalue weighted by molar-refractivity contribution is -0.159. The Morgan fingerprint density at radius 3 is 2.67 bits per heavy atom. The van der Waals surface area contributed by atoms with Gasteiger partial charge in [-0.15, -0.1) is 0 Å². The summed E-state index contributed by atoms with van der Waals surface area (Å²) >= 11 is 0. The molecule has 112 valence electrons. The van der Waals surface area contributed by atoms with Crippen LogP contribution in [0.15, 0.2) is 24.3 Å². The van der Waals surface area contributed by atoms with Crippen LogP contribution >= 0.6 is 0 Å². The summed E-state index contributed by atoms with van der Waals surface area (Å²) in [6.45, 7) is 1.34. The van der Waals surface area contributed by atoms with Crippen LogP contribution in [0.3, 0.4) is 0 Å². The highest BCUT2D eigenvalue weighted by Crippen LogP contribution is 2.31. The molecule has 0 aliphatic carbocycles. The third kappa shape index (κ3) is 3.09. The van der Waals surface area contributed by atoms with Crippen LogP contribution in [0.5, 0.6) is 11.5 Å². The lowest BCUT2D eigenvalue weighted by Crippen LogP contribution is -2.40. The van der Waals surface area contributed by atoms with Gasteiger partial charge in [-0.3, -0.25) is 4.79 Å². The van der Waals surface area contributed by atoms with Crippen LogP contribution in [0.2, 0.25) is 0 Å². The maximum Gasteiger partial charge on any atom is 0.351 e. The minimum atomic E-state index is -0.828. The summed E-state index contributed by atoms with van der Waals surface area (Å²) in [5.74, 6) is 0.390. The van der Waals surface area contributed by atoms with Gasteiger partial charge in [0.05, 0.1) is 0 Å². The van der Waals surface area contributed by atoms with E-state index in [-0.39, 0.29) is 19.1 Å². The Morgan fingerprint density at radius 2 is 1.90 bits per heavy atom. The van der Waals surface area contributed by atoms with Gasteiger partial charge in [0.2, 0.25) is 6.10 Å². The topological polar surface area (TPSA) is 65.1 Å². The van der Waals surface area contributed by atoms with Gasteiger partial charge in [0.1, 0.15) is 6.61 Å². The Bertz CT molecular complexity index is 539. The quantitative estimate of drug-likeness (QED) is 0.777. The van der Waals surface area contributed by atoms with Crippen molar-refractivity contribution in [3.63, 3.8) is 0 Å². The van der Waals surface area contributed by atoms with E-state index in [4.69, 9.17) is 14.2 Å². The first-order valence-electron chi connectivity index (χ1n) is 7.07. The fourth-order valence-electron chi connectivity index (χ4n) is 2.42. The van der Waals surface area contributed by atoms with Gasteiger partial charge in [-0.25, -0.2) is 4.79 Å². The summed E-state index contributed by atoms with van der Waals surface area (Å²) in [4.78, 5) is 25.4. The summed E-state index contributed by atoms with van der Waals surface area (Å²) in [6.07, 6.45) is 1.19. The molecule has 2 heterocycles. The second-order valence-electron chi connectivity index (χ2n) is 5.06. The molecule has 0 bridgehead atoms. The third-order valence-corrected chi connectivity index (χ3v) is 3.57. The molecule has 2 aliphatic rings. The fraction of sp³-hybridized carbons (Fsp3) is 0.467. The second kappa shape index (κ2) is 6.03. The molecule has 1 amide bonds. The molecule has 0 saturated carbocycles. The molecule has 21 heavy (non-hydrogen) atoms. The largest absolute Gasteiger partial charge is 0.485 e. The van der Waals surface area contributed by atoms with E-state index in [0.29, 0.717) is 11.5 Å². The highest BCUT2D eigenvalue weighted by atomic mass is 16.6. The van der Waals surface area contributed by atoms with Crippen LogP contribution < -0.4 is 9.47 Å². The smallest absolute Gasteiger partial charge is 0.351 e. The summed E-state index contributed by atoms with van der Waals surface area (Å²) in [5.41, 5.74) is 0. The molecule has 0 radical (unpaired) electrons. The zero-order valence-electron chi connectivity index (χ0n) is 11.6. The van der Waals surface area contributed by atoms with Gasteiger partial charge in [0.25, 0.3) is 5.91 Å². The van der Waals surface area contributed by atoms with Crippen LogP contribution in [-0.2, 0) is 14.3 Å². The van der Waals surface area contributed by atoms with E-state index in [1.54, 1.807) is 23.1 Å². The average Bonchev–Trinajstić information content (AvgIpc) is 3.06. The van der Waals surface area contributed by atoms with E-state index in [9.17, 15) is 9.59 Å². The number of para-hydroxylation sites is 2. The Balaban J connectivity index is 1.51. The molecule has 1 atom stereocenters. The lowest BCUT2D eigenvalue weighted by Gasteiger charge is -2.25. The molecule has 0 aromatic heterocycles. The van der Waals surface area contributed by atoms with Crippen molar-refractivity contribution in [1.29, 1.82) is 0 Å². The standard InChI is InChI=1S/C15H17NO5/c17-14(16-7-3-4-8-16)10-20-15(18)13-9-19-11-5-1-2-6-12(11)21-13/h1-2,5-6,13H,3-4,7-10H2. The maximum atomic E-state index is 11.9. The van der Waals surface area contributed by atoms with Crippen molar-refractivity contribution < 1.29 is 23.8 Å². The van der Waals surface area contributed by atoms with Gasteiger partial charge >= 0.3 is 5.97 Å². The van der Waals surface area contributed by atoms with Crippen LogP contribution in [0.4, 0.5) is 0 Å². The van der Waals surface area contributed by atoms with Crippen molar-refractivity contribution in [1.82, 2.24) is 4.90 Å². The first-order chi connectivity index (χ1) is 10.2. The Labute approximate surface area is 122 Å². The minimum Gasteiger partial charge on any atom is -0.485 e. The molecule has 6 heteroatoms. The van der Waals surface area contributed by atoms with Crippen molar-refractivity contribution in [2.24, 2.45) is 0 Å². The number of carbonyl (C=O) groups excluding carboxylic acids is 2. The van der Waals surface area contributed by atoms with E-state index >= 15 is 0 Å². The molecular weight excluding hydrogens is 274 g/mol. The van der Waals surface area contributed by atoms with Gasteiger partial charge in [0.15, 0.2) is 18.1 Å². The molecule has 2 aliphatic heterocycles. The number of amides is 1. The third-order valence-electron chi connectivity index (χ3n) is 3.57. The maximum absolute atomic E-state index is 11.9. The van der Waals surface area contributed by atoms with Gasteiger partial charge in [0, 0.05) is 13.1 Å². The van der Waals surface area contributed by atoms with Gasteiger partial charge in [-0.05, 0) is 25.0 Å². The van der Waals surface area contributed by atoms with E-state index in [1.165, 1.54) is 0 Å². The molecule has 1 aromatic carbocycles. The van der Waals surface area contributed by atoms with Gasteiger partial charge in [-0.2, -0.15) is 0 Å². The van der Waals surface area contributed by atoms with E-state index in [1.807, 2.05) is 6.07 Å². The highest BCUT2D eigenvalue weighted by molar-refractivity contribution is 5.82. The van der Waals surface area contributed by atoms with Crippen molar-refractivity contribution in [2.75, 3.05) is 26.3 Å². The van der Waals surface area contributed by atoms with Crippen LogP contribution in [-0.4, -0.2) is 49.2 Å². The van der Waals surface area contributed by atoms with Gasteiger partial charge in [-0.1, -0.05) is 12.1 Å². The predicted molar refractivity (Wildman–Crippen MR) is 73.1 cm³/mol. The van der Waals surface area contributed by atoms with Crippen LogP contribution in [0.1, 0.15) is 12.8 Å². The Kier molecular flexibility index (Phi) is 3.94. The summed E-state index contributed by atoms with van der Waals surface area (Å²) in [7, 11) is 0. The Morgan fingerprint density at radius 1 is 1.19 bits per heavy atom. The molecule has 1 saturated heterocycles. The average molecular weight is 291 g/mol. The number of hydrogen-bond donors (Lipinski definition) is 0. The molecule has 0 N–H and O–H groups in total. The summed E-state index contributed by atoms with van der Waals surface area (Å²) < 4.78 is 16.0. The molecule has 1 fully saturated rings. The number of rotatable bonds is 3. The van der Waals surface area contributed by atoms with E-state index in [0.717, 1.165) is 25.9 Å². The zero-order chi connectivity index (χ0) is 14.7. The van der Waals surface area contributed by atoms with Crippen molar-refractivity contribution >= 4 is 11.9 Å². The predicted octanol–water partition coefficient (Wildman–Crippen LogP) is 0.992. The van der Waals surface area contributed by atoms with Crippen LogP contribution in [0.25, 0.3) is 0 Å². The molecule has 0 spiro atoms. The molecule has 3 rings (SSSR count). The number of benzene rings is 1. The number of hydrogen-bond acceptors (Lipinski definition) is 5. The fourth-order valence-corrected chi connectivity index (χ4v) is 2.42. The lowest BCUT2D eigenvalue weighted by atomic mass is 10.2. The monoisotopic (exact) mass is 291 g/mol. The SMILES string of the molecule is O=C(OCC(=O)N1CCCC1)C1COc2ccccc2O1. The molecular formula is C15H17NO5.